The Balaban J connectivity index is 1.81. The van der Waals surface area contributed by atoms with Crippen LogP contribution in [0, 0.1) is 0 Å². The van der Waals surface area contributed by atoms with E-state index in [1.165, 1.54) is 18.9 Å². The summed E-state index contributed by atoms with van der Waals surface area (Å²) in [5.74, 6) is 0.363. The molecule has 0 aliphatic heterocycles. The number of nitrogens with one attached hydrogen (secondary N) is 1. The third-order valence-corrected chi connectivity index (χ3v) is 4.66. The minimum Gasteiger partial charge on any atom is -0.465 e. The van der Waals surface area contributed by atoms with Gasteiger partial charge in [-0.1, -0.05) is 29.3 Å². The van der Waals surface area contributed by atoms with E-state index in [1.807, 2.05) is 6.07 Å². The molecule has 7 heteroatoms. The second-order valence-corrected chi connectivity index (χ2v) is 6.67. The number of hydrogen-bond acceptors (Lipinski definition) is 4. The summed E-state index contributed by atoms with van der Waals surface area (Å²) in [4.78, 5) is 23.3. The zero-order chi connectivity index (χ0) is 17.5. The molecule has 0 radical (unpaired) electrons. The van der Waals surface area contributed by atoms with Crippen LogP contribution in [0.4, 0.5) is 5.69 Å². The molecule has 0 bridgehead atoms. The summed E-state index contributed by atoms with van der Waals surface area (Å²) in [6, 6.07) is 11.8. The van der Waals surface area contributed by atoms with Crippen molar-refractivity contribution in [1.29, 1.82) is 0 Å². The molecule has 0 aromatic heterocycles. The van der Waals surface area contributed by atoms with Crippen LogP contribution in [0.15, 0.2) is 42.5 Å². The zero-order valence-corrected chi connectivity index (χ0v) is 15.2. The van der Waals surface area contributed by atoms with E-state index in [0.717, 1.165) is 5.56 Å². The molecule has 4 nitrogen and oxygen atoms in total. The van der Waals surface area contributed by atoms with Gasteiger partial charge in [-0.25, -0.2) is 4.79 Å². The van der Waals surface area contributed by atoms with Crippen molar-refractivity contribution in [2.75, 3.05) is 18.2 Å². The van der Waals surface area contributed by atoms with Gasteiger partial charge in [0.25, 0.3) is 0 Å². The highest BCUT2D eigenvalue weighted by Crippen LogP contribution is 2.24. The van der Waals surface area contributed by atoms with Crippen LogP contribution in [-0.4, -0.2) is 24.7 Å². The number of ether oxygens (including phenoxy) is 1. The van der Waals surface area contributed by atoms with Crippen molar-refractivity contribution in [2.45, 2.75) is 5.75 Å². The van der Waals surface area contributed by atoms with Gasteiger partial charge in [0, 0.05) is 21.5 Å². The molecule has 0 saturated heterocycles. The minimum atomic E-state index is -0.414. The van der Waals surface area contributed by atoms with Gasteiger partial charge in [-0.2, -0.15) is 0 Å². The Labute approximate surface area is 154 Å². The van der Waals surface area contributed by atoms with E-state index in [-0.39, 0.29) is 11.7 Å². The number of methoxy groups -OCH3 is 1. The standard InChI is InChI=1S/C17H15Cl2NO3S/c1-23-17(22)11-3-6-14(7-4-11)20-16(21)10-24-9-12-2-5-13(18)8-15(12)19/h2-8H,9-10H2,1H3,(H,20,21). The molecule has 126 valence electrons. The molecular weight excluding hydrogens is 369 g/mol. The fourth-order valence-electron chi connectivity index (χ4n) is 1.90. The molecule has 0 unspecified atom stereocenters. The van der Waals surface area contributed by atoms with E-state index < -0.39 is 5.97 Å². The Morgan fingerprint density at radius 1 is 1.12 bits per heavy atom. The fourth-order valence-corrected chi connectivity index (χ4v) is 3.28. The highest BCUT2D eigenvalue weighted by molar-refractivity contribution is 7.99. The van der Waals surface area contributed by atoms with E-state index in [1.54, 1.807) is 36.4 Å². The second-order valence-electron chi connectivity index (χ2n) is 4.85. The lowest BCUT2D eigenvalue weighted by Crippen LogP contribution is -2.14. The molecule has 1 N–H and O–H groups in total. The molecular formula is C17H15Cl2NO3S. The zero-order valence-electron chi connectivity index (χ0n) is 12.8. The maximum atomic E-state index is 11.9. The van der Waals surface area contributed by atoms with Crippen LogP contribution in [0.2, 0.25) is 10.0 Å². The fraction of sp³-hybridized carbons (Fsp3) is 0.176. The molecule has 2 aromatic carbocycles. The molecule has 24 heavy (non-hydrogen) atoms. The number of carbonyl (C=O) groups is 2. The van der Waals surface area contributed by atoms with Gasteiger partial charge >= 0.3 is 5.97 Å². The number of hydrogen-bond donors (Lipinski definition) is 1. The molecule has 2 rings (SSSR count). The van der Waals surface area contributed by atoms with Crippen molar-refractivity contribution >= 4 is 52.5 Å². The predicted octanol–water partition coefficient (Wildman–Crippen LogP) is 4.65. The molecule has 2 aromatic rings. The number of halogens is 2. The van der Waals surface area contributed by atoms with Crippen molar-refractivity contribution in [2.24, 2.45) is 0 Å². The average Bonchev–Trinajstić information content (AvgIpc) is 2.57. The van der Waals surface area contributed by atoms with Crippen molar-refractivity contribution in [3.05, 3.63) is 63.6 Å². The molecule has 0 heterocycles. The summed E-state index contributed by atoms with van der Waals surface area (Å²) in [5, 5.41) is 3.95. The van der Waals surface area contributed by atoms with Crippen molar-refractivity contribution < 1.29 is 14.3 Å². The van der Waals surface area contributed by atoms with E-state index in [2.05, 4.69) is 10.1 Å². The monoisotopic (exact) mass is 383 g/mol. The van der Waals surface area contributed by atoms with Crippen LogP contribution in [-0.2, 0) is 15.3 Å². The summed E-state index contributed by atoms with van der Waals surface area (Å²) in [6.45, 7) is 0. The lowest BCUT2D eigenvalue weighted by Gasteiger charge is -2.07. The molecule has 1 amide bonds. The summed E-state index contributed by atoms with van der Waals surface area (Å²) in [6.07, 6.45) is 0. The number of benzene rings is 2. The highest BCUT2D eigenvalue weighted by atomic mass is 35.5. The summed E-state index contributed by atoms with van der Waals surface area (Å²) in [7, 11) is 1.32. The molecule has 0 spiro atoms. The third kappa shape index (κ3) is 5.44. The molecule has 0 fully saturated rings. The highest BCUT2D eigenvalue weighted by Gasteiger charge is 2.07. The largest absolute Gasteiger partial charge is 0.465 e. The van der Waals surface area contributed by atoms with Crippen LogP contribution >= 0.6 is 35.0 Å². The smallest absolute Gasteiger partial charge is 0.337 e. The van der Waals surface area contributed by atoms with Gasteiger partial charge in [0.15, 0.2) is 0 Å². The van der Waals surface area contributed by atoms with Crippen LogP contribution in [0.25, 0.3) is 0 Å². The maximum absolute atomic E-state index is 11.9. The first-order valence-corrected chi connectivity index (χ1v) is 8.90. The van der Waals surface area contributed by atoms with Crippen LogP contribution in [0.3, 0.4) is 0 Å². The Kier molecular flexibility index (Phi) is 6.97. The molecule has 0 atom stereocenters. The van der Waals surface area contributed by atoms with Gasteiger partial charge in [-0.05, 0) is 42.0 Å². The van der Waals surface area contributed by atoms with Gasteiger partial charge in [0.1, 0.15) is 0 Å². The van der Waals surface area contributed by atoms with E-state index in [9.17, 15) is 9.59 Å². The summed E-state index contributed by atoms with van der Waals surface area (Å²) in [5.41, 5.74) is 1.99. The van der Waals surface area contributed by atoms with Crippen LogP contribution in [0.1, 0.15) is 15.9 Å². The van der Waals surface area contributed by atoms with Gasteiger partial charge in [0.2, 0.25) is 5.91 Å². The van der Waals surface area contributed by atoms with Gasteiger partial charge in [0.05, 0.1) is 18.4 Å². The van der Waals surface area contributed by atoms with Crippen LogP contribution < -0.4 is 5.32 Å². The van der Waals surface area contributed by atoms with Gasteiger partial charge in [-0.3, -0.25) is 4.79 Å². The Hall–Kier alpha value is -1.69. The Morgan fingerprint density at radius 3 is 2.46 bits per heavy atom. The lowest BCUT2D eigenvalue weighted by atomic mass is 10.2. The van der Waals surface area contributed by atoms with E-state index >= 15 is 0 Å². The number of esters is 1. The number of thioether (sulfide) groups is 1. The number of rotatable bonds is 6. The number of anilines is 1. The average molecular weight is 384 g/mol. The normalized spacial score (nSPS) is 10.3. The van der Waals surface area contributed by atoms with Crippen LogP contribution in [0.5, 0.6) is 0 Å². The summed E-state index contributed by atoms with van der Waals surface area (Å²) < 4.78 is 4.62. The third-order valence-electron chi connectivity index (χ3n) is 3.10. The quantitative estimate of drug-likeness (QED) is 0.737. The summed E-state index contributed by atoms with van der Waals surface area (Å²) >= 11 is 13.4. The predicted molar refractivity (Wildman–Crippen MR) is 99.0 cm³/mol. The van der Waals surface area contributed by atoms with Crippen molar-refractivity contribution in [3.8, 4) is 0 Å². The Bertz CT molecular complexity index is 735. The van der Waals surface area contributed by atoms with Gasteiger partial charge < -0.3 is 10.1 Å². The van der Waals surface area contributed by atoms with Crippen molar-refractivity contribution in [1.82, 2.24) is 0 Å². The van der Waals surface area contributed by atoms with Crippen molar-refractivity contribution in [3.63, 3.8) is 0 Å². The molecule has 0 saturated carbocycles. The second kappa shape index (κ2) is 8.97. The number of amides is 1. The first-order chi connectivity index (χ1) is 11.5. The Morgan fingerprint density at radius 2 is 1.83 bits per heavy atom. The van der Waals surface area contributed by atoms with Gasteiger partial charge in [-0.15, -0.1) is 11.8 Å². The van der Waals surface area contributed by atoms with E-state index in [0.29, 0.717) is 27.0 Å². The lowest BCUT2D eigenvalue weighted by molar-refractivity contribution is -0.113. The first-order valence-electron chi connectivity index (χ1n) is 6.99. The first kappa shape index (κ1) is 18.6. The number of carbonyl (C=O) groups excluding carboxylic acids is 2. The minimum absolute atomic E-state index is 0.129. The van der Waals surface area contributed by atoms with E-state index in [4.69, 9.17) is 23.2 Å². The maximum Gasteiger partial charge on any atom is 0.337 e. The molecule has 0 aliphatic rings. The molecule has 0 aliphatic carbocycles. The SMILES string of the molecule is COC(=O)c1ccc(NC(=O)CSCc2ccc(Cl)cc2Cl)cc1. The topological polar surface area (TPSA) is 55.4 Å².